The lowest BCUT2D eigenvalue weighted by Gasteiger charge is -2.37. The first-order chi connectivity index (χ1) is 22.4. The van der Waals surface area contributed by atoms with Gasteiger partial charge in [-0.1, -0.05) is 49.5 Å². The van der Waals surface area contributed by atoms with E-state index in [1.165, 1.54) is 12.1 Å². The van der Waals surface area contributed by atoms with Crippen LogP contribution < -0.4 is 14.8 Å². The molecule has 0 aliphatic carbocycles. The Morgan fingerprint density at radius 1 is 1.17 bits per heavy atom. The average Bonchev–Trinajstić information content (AvgIpc) is 3.71. The molecule has 6 rings (SSSR count). The molecule has 3 aliphatic rings. The van der Waals surface area contributed by atoms with E-state index in [1.807, 2.05) is 43.3 Å². The van der Waals surface area contributed by atoms with E-state index in [2.05, 4.69) is 47.8 Å². The molecule has 2 amide bonds. The van der Waals surface area contributed by atoms with Gasteiger partial charge in [0.1, 0.15) is 5.75 Å². The summed E-state index contributed by atoms with van der Waals surface area (Å²) in [7, 11) is -0.906. The van der Waals surface area contributed by atoms with Crippen molar-refractivity contribution >= 4 is 59.0 Å². The highest BCUT2D eigenvalue weighted by molar-refractivity contribution is 14.1. The highest BCUT2D eigenvalue weighted by Gasteiger charge is 2.67. The predicted molar refractivity (Wildman–Crippen MR) is 189 cm³/mol. The summed E-state index contributed by atoms with van der Waals surface area (Å²) in [5, 5.41) is 23.1. The molecule has 0 aromatic heterocycles. The van der Waals surface area contributed by atoms with Crippen molar-refractivity contribution in [1.29, 1.82) is 0 Å². The number of aliphatic hydroxyl groups excluding tert-OH is 1. The molecule has 10 nitrogen and oxygen atoms in total. The van der Waals surface area contributed by atoms with Crippen LogP contribution in [-0.2, 0) is 26.5 Å². The first kappa shape index (κ1) is 33.6. The number of rotatable bonds is 9. The second kappa shape index (κ2) is 12.9. The van der Waals surface area contributed by atoms with Gasteiger partial charge >= 0.3 is 0 Å². The summed E-state index contributed by atoms with van der Waals surface area (Å²) >= 11 is 2.24. The summed E-state index contributed by atoms with van der Waals surface area (Å²) in [5.74, 6) is -0.0561. The Labute approximate surface area is 289 Å². The van der Waals surface area contributed by atoms with Gasteiger partial charge in [-0.05, 0) is 76.9 Å². The number of benzene rings is 3. The number of anilines is 1. The number of fused-ring (bicyclic) bond motifs is 2. The molecule has 47 heavy (non-hydrogen) atoms. The van der Waals surface area contributed by atoms with Crippen molar-refractivity contribution in [2.75, 3.05) is 25.2 Å². The lowest BCUT2D eigenvalue weighted by Crippen LogP contribution is -2.52. The monoisotopic (exact) mass is 769 g/mol. The van der Waals surface area contributed by atoms with E-state index < -0.39 is 30.6 Å². The van der Waals surface area contributed by atoms with Crippen molar-refractivity contribution in [3.05, 3.63) is 91.5 Å². The summed E-state index contributed by atoms with van der Waals surface area (Å²) in [4.78, 5) is 43.9. The molecular formula is C35H40IN3O7Si. The minimum absolute atomic E-state index is 0.0499. The third-order valence-corrected chi connectivity index (χ3v) is 15.6. The van der Waals surface area contributed by atoms with Crippen molar-refractivity contribution in [1.82, 2.24) is 4.90 Å². The van der Waals surface area contributed by atoms with Gasteiger partial charge in [0.2, 0.25) is 5.91 Å². The second-order valence-corrected chi connectivity index (χ2v) is 19.3. The normalized spacial score (nSPS) is 25.4. The van der Waals surface area contributed by atoms with Crippen molar-refractivity contribution in [3.8, 4) is 5.75 Å². The first-order valence-corrected chi connectivity index (χ1v) is 20.2. The maximum Gasteiger partial charge on any atom is 0.269 e. The fourth-order valence-electron chi connectivity index (χ4n) is 8.23. The molecule has 5 atom stereocenters. The van der Waals surface area contributed by atoms with Crippen LogP contribution in [0.2, 0.25) is 18.6 Å². The summed E-state index contributed by atoms with van der Waals surface area (Å²) < 4.78 is 13.5. The van der Waals surface area contributed by atoms with E-state index in [-0.39, 0.29) is 48.7 Å². The van der Waals surface area contributed by atoms with Crippen LogP contribution in [0, 0.1) is 19.6 Å². The number of hydrogen-bond acceptors (Lipinski definition) is 7. The maximum absolute atomic E-state index is 14.9. The quantitative estimate of drug-likeness (QED) is 0.135. The summed E-state index contributed by atoms with van der Waals surface area (Å²) in [5.41, 5.74) is 0.149. The van der Waals surface area contributed by atoms with E-state index in [0.29, 0.717) is 17.8 Å². The number of halogens is 1. The number of carbonyl (C=O) groups excluding carboxylic acids is 2. The number of nitro benzene ring substituents is 1. The van der Waals surface area contributed by atoms with Gasteiger partial charge in [0.05, 0.1) is 57.5 Å². The van der Waals surface area contributed by atoms with Crippen molar-refractivity contribution in [2.45, 2.75) is 69.1 Å². The molecule has 12 heteroatoms. The molecule has 3 aromatic carbocycles. The largest absolute Gasteiger partial charge is 0.497 e. The van der Waals surface area contributed by atoms with Gasteiger partial charge in [-0.25, -0.2) is 0 Å². The Morgan fingerprint density at radius 3 is 2.57 bits per heavy atom. The molecule has 3 aromatic rings. The molecule has 0 unspecified atom stereocenters. The molecule has 2 saturated heterocycles. The third kappa shape index (κ3) is 5.76. The van der Waals surface area contributed by atoms with Crippen LogP contribution in [0.1, 0.15) is 37.3 Å². The number of carbonyl (C=O) groups is 2. The maximum atomic E-state index is 14.9. The Morgan fingerprint density at radius 2 is 1.91 bits per heavy atom. The molecule has 2 fully saturated rings. The highest BCUT2D eigenvalue weighted by atomic mass is 127. The van der Waals surface area contributed by atoms with Gasteiger partial charge in [0.15, 0.2) is 5.60 Å². The number of amides is 2. The number of nitro groups is 1. The van der Waals surface area contributed by atoms with Crippen molar-refractivity contribution < 1.29 is 29.1 Å². The number of methoxy groups -OCH3 is 1. The topological polar surface area (TPSA) is 122 Å². The van der Waals surface area contributed by atoms with Crippen LogP contribution >= 0.6 is 22.6 Å². The van der Waals surface area contributed by atoms with Crippen LogP contribution in [0.5, 0.6) is 5.75 Å². The van der Waals surface area contributed by atoms with Crippen molar-refractivity contribution in [2.24, 2.45) is 5.92 Å². The van der Waals surface area contributed by atoms with Crippen LogP contribution in [0.15, 0.2) is 66.7 Å². The summed E-state index contributed by atoms with van der Waals surface area (Å²) in [6.45, 7) is 7.22. The Kier molecular flexibility index (Phi) is 9.24. The van der Waals surface area contributed by atoms with E-state index in [1.54, 1.807) is 23.0 Å². The van der Waals surface area contributed by atoms with E-state index in [0.717, 1.165) is 32.9 Å². The minimum Gasteiger partial charge on any atom is -0.497 e. The first-order valence-electron chi connectivity index (χ1n) is 16.0. The van der Waals surface area contributed by atoms with Gasteiger partial charge < -0.3 is 24.4 Å². The fourth-order valence-corrected chi connectivity index (χ4v) is 12.9. The summed E-state index contributed by atoms with van der Waals surface area (Å²) in [6, 6.07) is 20.2. The van der Waals surface area contributed by atoms with E-state index in [4.69, 9.17) is 9.47 Å². The summed E-state index contributed by atoms with van der Waals surface area (Å²) in [6.07, 6.45) is 0.983. The number of non-ortho nitro benzene ring substituents is 1. The zero-order valence-corrected chi connectivity index (χ0v) is 30.2. The molecule has 1 N–H and O–H groups in total. The van der Waals surface area contributed by atoms with Gasteiger partial charge in [0, 0.05) is 33.7 Å². The van der Waals surface area contributed by atoms with Crippen molar-refractivity contribution in [3.63, 3.8) is 0 Å². The SMILES string of the molecule is COc1ccc([Si](C)(C)[C@@H]2[C@@H](CC(=O)N3CCC[C@H]3CO)O[C@]3(C(=O)N(Cc4cccc(I)c4)c4ccc([N+](=O)[O-])cc43)[C@H]2C)cc1. The Balaban J connectivity index is 1.47. The lowest BCUT2D eigenvalue weighted by molar-refractivity contribution is -0.385. The van der Waals surface area contributed by atoms with Crippen LogP contribution in [0.25, 0.3) is 0 Å². The number of likely N-dealkylation sites (tertiary alicyclic amines) is 1. The Bertz CT molecular complexity index is 1700. The minimum atomic E-state index is -2.53. The number of aliphatic hydroxyl groups is 1. The number of ether oxygens (including phenoxy) is 2. The lowest BCUT2D eigenvalue weighted by atomic mass is 9.82. The average molecular weight is 770 g/mol. The molecular weight excluding hydrogens is 729 g/mol. The molecule has 0 saturated carbocycles. The standard InChI is InChI=1S/C35H40IN3O7Si/c1-22-33(47(3,4)28-13-11-27(45-2)12-14-28)31(19-32(41)37-16-6-9-26(37)21-40)46-35(22)29-18-25(39(43)44)10-15-30(29)38(34(35)42)20-23-7-5-8-24(36)17-23/h5,7-8,10-15,17-18,22,26,31,33,40H,6,9,16,19-21H2,1-4H3/t22-,26-,31+,33-,35+/m0/s1. The molecule has 3 heterocycles. The Hall–Kier alpha value is -3.33. The predicted octanol–water partition coefficient (Wildman–Crippen LogP) is 5.34. The molecule has 3 aliphatic heterocycles. The van der Waals surface area contributed by atoms with Gasteiger partial charge in [0.25, 0.3) is 11.6 Å². The van der Waals surface area contributed by atoms with Gasteiger partial charge in [-0.15, -0.1) is 0 Å². The van der Waals surface area contributed by atoms with Gasteiger partial charge in [-0.2, -0.15) is 0 Å². The number of nitrogens with zero attached hydrogens (tertiary/aromatic N) is 3. The molecule has 0 bridgehead atoms. The van der Waals surface area contributed by atoms with Gasteiger partial charge in [-0.3, -0.25) is 19.7 Å². The third-order valence-electron chi connectivity index (χ3n) is 10.5. The number of hydrogen-bond donors (Lipinski definition) is 1. The smallest absolute Gasteiger partial charge is 0.269 e. The zero-order valence-electron chi connectivity index (χ0n) is 27.0. The van der Waals surface area contributed by atoms with E-state index >= 15 is 0 Å². The zero-order chi connectivity index (χ0) is 33.7. The second-order valence-electron chi connectivity index (χ2n) is 13.4. The van der Waals surface area contributed by atoms with Crippen LogP contribution in [0.3, 0.4) is 0 Å². The molecule has 1 spiro atoms. The van der Waals surface area contributed by atoms with Crippen LogP contribution in [0.4, 0.5) is 11.4 Å². The highest BCUT2D eigenvalue weighted by Crippen LogP contribution is 2.60. The van der Waals surface area contributed by atoms with E-state index in [9.17, 15) is 24.8 Å². The molecule has 0 radical (unpaired) electrons. The molecule has 248 valence electrons. The fraction of sp³-hybridized carbons (Fsp3) is 0.429. The van der Waals surface area contributed by atoms with Crippen LogP contribution in [-0.4, -0.2) is 67.2 Å².